The van der Waals surface area contributed by atoms with E-state index in [1.54, 1.807) is 0 Å². The number of benzene rings is 2. The Hall–Kier alpha value is -1.80. The summed E-state index contributed by atoms with van der Waals surface area (Å²) in [4.78, 5) is 0. The SMILES string of the molecule is C[C@H]1CCC[C@@H]1NN(c1ccccc1)c1ccccc1. The average molecular weight is 266 g/mol. The van der Waals surface area contributed by atoms with Crippen molar-refractivity contribution in [2.75, 3.05) is 5.01 Å². The molecule has 1 saturated carbocycles. The predicted octanol–water partition coefficient (Wildman–Crippen LogP) is 4.52. The van der Waals surface area contributed by atoms with Gasteiger partial charge >= 0.3 is 0 Å². The Balaban J connectivity index is 1.88. The minimum atomic E-state index is 0.565. The summed E-state index contributed by atoms with van der Waals surface area (Å²) < 4.78 is 0. The van der Waals surface area contributed by atoms with E-state index in [2.05, 4.69) is 78.0 Å². The summed E-state index contributed by atoms with van der Waals surface area (Å²) in [5.74, 6) is 0.741. The van der Waals surface area contributed by atoms with Crippen LogP contribution in [-0.2, 0) is 0 Å². The fourth-order valence-electron chi connectivity index (χ4n) is 2.96. The molecule has 2 heteroatoms. The molecule has 2 aromatic rings. The van der Waals surface area contributed by atoms with Gasteiger partial charge in [-0.25, -0.2) is 5.43 Å². The third kappa shape index (κ3) is 2.86. The van der Waals surface area contributed by atoms with Crippen molar-refractivity contribution in [1.29, 1.82) is 0 Å². The Bertz CT molecular complexity index is 484. The fourth-order valence-corrected chi connectivity index (χ4v) is 2.96. The molecule has 3 rings (SSSR count). The van der Waals surface area contributed by atoms with Crippen molar-refractivity contribution in [3.63, 3.8) is 0 Å². The zero-order chi connectivity index (χ0) is 13.8. The van der Waals surface area contributed by atoms with E-state index in [-0.39, 0.29) is 0 Å². The third-order valence-corrected chi connectivity index (χ3v) is 4.19. The number of rotatable bonds is 4. The van der Waals surface area contributed by atoms with E-state index in [9.17, 15) is 0 Å². The number of nitrogens with zero attached hydrogens (tertiary/aromatic N) is 1. The van der Waals surface area contributed by atoms with Gasteiger partial charge in [-0.15, -0.1) is 0 Å². The summed E-state index contributed by atoms with van der Waals surface area (Å²) in [6.45, 7) is 2.35. The normalized spacial score (nSPS) is 21.9. The van der Waals surface area contributed by atoms with Gasteiger partial charge in [-0.2, -0.15) is 0 Å². The first kappa shape index (κ1) is 13.2. The highest BCUT2D eigenvalue weighted by Gasteiger charge is 2.25. The summed E-state index contributed by atoms with van der Waals surface area (Å²) in [5, 5.41) is 2.23. The Morgan fingerprint density at radius 3 is 1.85 bits per heavy atom. The average Bonchev–Trinajstić information content (AvgIpc) is 2.92. The molecule has 0 saturated heterocycles. The minimum absolute atomic E-state index is 0.565. The summed E-state index contributed by atoms with van der Waals surface area (Å²) in [6, 6.07) is 21.6. The molecule has 0 spiro atoms. The van der Waals surface area contributed by atoms with E-state index in [1.165, 1.54) is 30.6 Å². The molecule has 0 unspecified atom stereocenters. The van der Waals surface area contributed by atoms with Crippen LogP contribution in [0.5, 0.6) is 0 Å². The van der Waals surface area contributed by atoms with Gasteiger partial charge in [0.2, 0.25) is 0 Å². The van der Waals surface area contributed by atoms with Crippen molar-refractivity contribution < 1.29 is 0 Å². The highest BCUT2D eigenvalue weighted by molar-refractivity contribution is 5.61. The molecule has 1 N–H and O–H groups in total. The summed E-state index contributed by atoms with van der Waals surface area (Å²) in [5.41, 5.74) is 6.12. The van der Waals surface area contributed by atoms with Crippen LogP contribution in [0, 0.1) is 5.92 Å². The van der Waals surface area contributed by atoms with Crippen LogP contribution in [0.2, 0.25) is 0 Å². The lowest BCUT2D eigenvalue weighted by molar-refractivity contribution is 0.432. The monoisotopic (exact) mass is 266 g/mol. The number of anilines is 2. The summed E-state index contributed by atoms with van der Waals surface area (Å²) >= 11 is 0. The third-order valence-electron chi connectivity index (χ3n) is 4.19. The molecular formula is C18H22N2. The number of hydrazine groups is 1. The predicted molar refractivity (Wildman–Crippen MR) is 85.0 cm³/mol. The molecule has 0 amide bonds. The van der Waals surface area contributed by atoms with Crippen LogP contribution in [0.15, 0.2) is 60.7 Å². The van der Waals surface area contributed by atoms with E-state index < -0.39 is 0 Å². The van der Waals surface area contributed by atoms with Crippen LogP contribution >= 0.6 is 0 Å². The smallest absolute Gasteiger partial charge is 0.0577 e. The maximum absolute atomic E-state index is 3.73. The molecule has 104 valence electrons. The largest absolute Gasteiger partial charge is 0.277 e. The molecule has 0 radical (unpaired) electrons. The molecule has 2 atom stereocenters. The molecule has 0 aliphatic heterocycles. The maximum Gasteiger partial charge on any atom is 0.0577 e. The van der Waals surface area contributed by atoms with Gasteiger partial charge in [0.05, 0.1) is 11.4 Å². The van der Waals surface area contributed by atoms with Gasteiger partial charge in [0.1, 0.15) is 0 Å². The van der Waals surface area contributed by atoms with Crippen molar-refractivity contribution in [1.82, 2.24) is 5.43 Å². The first-order chi connectivity index (χ1) is 9.84. The van der Waals surface area contributed by atoms with Crippen LogP contribution in [0.3, 0.4) is 0 Å². The Morgan fingerprint density at radius 1 is 0.850 bits per heavy atom. The van der Waals surface area contributed by atoms with E-state index in [1.807, 2.05) is 0 Å². The number of nitrogens with one attached hydrogen (secondary N) is 1. The van der Waals surface area contributed by atoms with Crippen molar-refractivity contribution in [3.8, 4) is 0 Å². The highest BCUT2D eigenvalue weighted by Crippen LogP contribution is 2.29. The lowest BCUT2D eigenvalue weighted by atomic mass is 10.1. The van der Waals surface area contributed by atoms with Crippen LogP contribution in [0.25, 0.3) is 0 Å². The van der Waals surface area contributed by atoms with Crippen molar-refractivity contribution in [3.05, 3.63) is 60.7 Å². The Labute approximate surface area is 121 Å². The first-order valence-electron chi connectivity index (χ1n) is 7.51. The molecule has 1 aliphatic rings. The number of hydrogen-bond acceptors (Lipinski definition) is 2. The molecule has 2 nitrogen and oxygen atoms in total. The van der Waals surface area contributed by atoms with Gasteiger partial charge in [0, 0.05) is 6.04 Å². The summed E-state index contributed by atoms with van der Waals surface area (Å²) in [7, 11) is 0. The quantitative estimate of drug-likeness (QED) is 0.819. The lowest BCUT2D eigenvalue weighted by Gasteiger charge is -2.31. The van der Waals surface area contributed by atoms with E-state index in [0.717, 1.165) is 5.92 Å². The second-order valence-corrected chi connectivity index (χ2v) is 5.65. The van der Waals surface area contributed by atoms with Crippen LogP contribution < -0.4 is 10.4 Å². The highest BCUT2D eigenvalue weighted by atomic mass is 15.5. The molecular weight excluding hydrogens is 244 g/mol. The van der Waals surface area contributed by atoms with E-state index >= 15 is 0 Å². The molecule has 20 heavy (non-hydrogen) atoms. The Morgan fingerprint density at radius 2 is 1.40 bits per heavy atom. The molecule has 0 bridgehead atoms. The molecule has 0 heterocycles. The molecule has 1 fully saturated rings. The van der Waals surface area contributed by atoms with Gasteiger partial charge in [-0.1, -0.05) is 49.7 Å². The molecule has 0 aromatic heterocycles. The zero-order valence-corrected chi connectivity index (χ0v) is 12.0. The summed E-state index contributed by atoms with van der Waals surface area (Å²) in [6.07, 6.45) is 3.92. The second kappa shape index (κ2) is 6.10. The topological polar surface area (TPSA) is 15.3 Å². The first-order valence-corrected chi connectivity index (χ1v) is 7.51. The second-order valence-electron chi connectivity index (χ2n) is 5.65. The fraction of sp³-hybridized carbons (Fsp3) is 0.333. The van der Waals surface area contributed by atoms with E-state index in [0.29, 0.717) is 6.04 Å². The minimum Gasteiger partial charge on any atom is -0.277 e. The van der Waals surface area contributed by atoms with Crippen LogP contribution in [0.4, 0.5) is 11.4 Å². The number of hydrogen-bond donors (Lipinski definition) is 1. The van der Waals surface area contributed by atoms with Crippen molar-refractivity contribution >= 4 is 11.4 Å². The standard InChI is InChI=1S/C18H22N2/c1-15-9-8-14-18(15)19-20(16-10-4-2-5-11-16)17-12-6-3-7-13-17/h2-7,10-13,15,18-19H,8-9,14H2,1H3/t15-,18-/m0/s1. The molecule has 1 aliphatic carbocycles. The van der Waals surface area contributed by atoms with Gasteiger partial charge in [-0.05, 0) is 43.0 Å². The zero-order valence-electron chi connectivity index (χ0n) is 12.0. The Kier molecular flexibility index (Phi) is 4.03. The molecule has 2 aromatic carbocycles. The van der Waals surface area contributed by atoms with E-state index in [4.69, 9.17) is 0 Å². The van der Waals surface area contributed by atoms with Crippen molar-refractivity contribution in [2.45, 2.75) is 32.2 Å². The van der Waals surface area contributed by atoms with Gasteiger partial charge in [0.15, 0.2) is 0 Å². The van der Waals surface area contributed by atoms with Crippen LogP contribution in [0.1, 0.15) is 26.2 Å². The van der Waals surface area contributed by atoms with Crippen molar-refractivity contribution in [2.24, 2.45) is 5.92 Å². The van der Waals surface area contributed by atoms with Gasteiger partial charge in [-0.3, -0.25) is 5.01 Å². The van der Waals surface area contributed by atoms with Gasteiger partial charge in [0.25, 0.3) is 0 Å². The van der Waals surface area contributed by atoms with Crippen LogP contribution in [-0.4, -0.2) is 6.04 Å². The lowest BCUT2D eigenvalue weighted by Crippen LogP contribution is -2.43. The number of para-hydroxylation sites is 2. The van der Waals surface area contributed by atoms with Gasteiger partial charge < -0.3 is 0 Å². The maximum atomic E-state index is 3.73.